The molecule has 136 valence electrons. The van der Waals surface area contributed by atoms with E-state index >= 15 is 0 Å². The van der Waals surface area contributed by atoms with Gasteiger partial charge in [-0.2, -0.15) is 5.48 Å². The zero-order chi connectivity index (χ0) is 18.9. The molecule has 1 amide bonds. The van der Waals surface area contributed by atoms with Crippen LogP contribution in [0, 0.1) is 20.8 Å². The summed E-state index contributed by atoms with van der Waals surface area (Å²) in [6, 6.07) is 13.8. The molecule has 0 saturated heterocycles. The lowest BCUT2D eigenvalue weighted by molar-refractivity contribution is -0.130. The largest absolute Gasteiger partial charge is 0.363 e. The number of aryl methyl sites for hydroxylation is 3. The van der Waals surface area contributed by atoms with Crippen LogP contribution in [0.2, 0.25) is 0 Å². The number of nitrogens with one attached hydrogen (secondary N) is 1. The smallest absolute Gasteiger partial charge is 0.335 e. The molecule has 0 aliphatic heterocycles. The van der Waals surface area contributed by atoms with Gasteiger partial charge in [0.15, 0.2) is 0 Å². The summed E-state index contributed by atoms with van der Waals surface area (Å²) in [6.45, 7) is 5.69. The Morgan fingerprint density at radius 2 is 1.69 bits per heavy atom. The Hall–Kier alpha value is -2.88. The van der Waals surface area contributed by atoms with Crippen molar-refractivity contribution in [1.82, 2.24) is 5.48 Å². The van der Waals surface area contributed by atoms with E-state index in [0.29, 0.717) is 18.4 Å². The van der Waals surface area contributed by atoms with Crippen LogP contribution < -0.4 is 5.48 Å². The highest BCUT2D eigenvalue weighted by molar-refractivity contribution is 5.93. The second-order valence-electron chi connectivity index (χ2n) is 6.39. The maximum atomic E-state index is 12.2. The number of unbranched alkanes of at least 4 members (excludes halogenated alkanes) is 1. The molecule has 0 heterocycles. The molecule has 0 spiro atoms. The number of benzene rings is 2. The van der Waals surface area contributed by atoms with Gasteiger partial charge < -0.3 is 4.84 Å². The summed E-state index contributed by atoms with van der Waals surface area (Å²) in [4.78, 5) is 29.0. The minimum atomic E-state index is -0.530. The van der Waals surface area contributed by atoms with Crippen LogP contribution >= 0.6 is 0 Å². The molecule has 1 N–H and O–H groups in total. The van der Waals surface area contributed by atoms with Gasteiger partial charge in [-0.3, -0.25) is 4.79 Å². The maximum Gasteiger partial charge on any atom is 0.363 e. The van der Waals surface area contributed by atoms with Gasteiger partial charge >= 0.3 is 5.97 Å². The topological polar surface area (TPSA) is 55.4 Å². The van der Waals surface area contributed by atoms with Crippen LogP contribution in [0.15, 0.2) is 48.5 Å². The van der Waals surface area contributed by atoms with E-state index in [1.54, 1.807) is 0 Å². The van der Waals surface area contributed by atoms with Gasteiger partial charge in [-0.1, -0.05) is 60.2 Å². The molecule has 2 aromatic carbocycles. The van der Waals surface area contributed by atoms with E-state index in [9.17, 15) is 9.59 Å². The van der Waals surface area contributed by atoms with Gasteiger partial charge in [-0.15, -0.1) is 0 Å². The number of carbonyl (C=O) groups is 2. The number of amides is 1. The number of hydrogen-bond donors (Lipinski definition) is 1. The Labute approximate surface area is 154 Å². The van der Waals surface area contributed by atoms with Crippen LogP contribution in [0.25, 0.3) is 6.08 Å². The standard InChI is InChI=1S/C22H25NO3/c1-16-14-17(2)21(18(3)15-16)22(25)26-23-20(24)13-9-5-8-12-19-10-6-4-7-11-19/h4,6-8,10-12,14-15H,5,9,13H2,1-3H3,(H,23,24)/b12-8+. The monoisotopic (exact) mass is 351 g/mol. The predicted molar refractivity (Wildman–Crippen MR) is 104 cm³/mol. The number of allylic oxidation sites excluding steroid dienone is 1. The van der Waals surface area contributed by atoms with Crippen molar-refractivity contribution in [1.29, 1.82) is 0 Å². The van der Waals surface area contributed by atoms with E-state index < -0.39 is 5.97 Å². The van der Waals surface area contributed by atoms with Gasteiger partial charge in [0.25, 0.3) is 5.91 Å². The van der Waals surface area contributed by atoms with Crippen LogP contribution in [0.5, 0.6) is 0 Å². The lowest BCUT2D eigenvalue weighted by Crippen LogP contribution is -2.27. The van der Waals surface area contributed by atoms with Gasteiger partial charge in [0, 0.05) is 6.42 Å². The number of hydrogen-bond acceptors (Lipinski definition) is 3. The zero-order valence-corrected chi connectivity index (χ0v) is 15.5. The normalized spacial score (nSPS) is 10.7. The first-order valence-corrected chi connectivity index (χ1v) is 8.77. The quantitative estimate of drug-likeness (QED) is 0.607. The van der Waals surface area contributed by atoms with Crippen molar-refractivity contribution in [2.45, 2.75) is 40.0 Å². The van der Waals surface area contributed by atoms with E-state index in [0.717, 1.165) is 28.7 Å². The summed E-state index contributed by atoms with van der Waals surface area (Å²) in [5, 5.41) is 0. The van der Waals surface area contributed by atoms with E-state index in [1.807, 2.05) is 75.4 Å². The first-order valence-electron chi connectivity index (χ1n) is 8.77. The molecule has 0 aliphatic rings. The average Bonchev–Trinajstić information content (AvgIpc) is 2.59. The molecule has 4 nitrogen and oxygen atoms in total. The first-order chi connectivity index (χ1) is 12.5. The fraction of sp³-hybridized carbons (Fsp3) is 0.273. The van der Waals surface area contributed by atoms with E-state index in [1.165, 1.54) is 0 Å². The lowest BCUT2D eigenvalue weighted by atomic mass is 10.0. The third-order valence-corrected chi connectivity index (χ3v) is 4.02. The van der Waals surface area contributed by atoms with Gasteiger partial charge in [-0.05, 0) is 50.3 Å². The molecular weight excluding hydrogens is 326 g/mol. The van der Waals surface area contributed by atoms with Gasteiger partial charge in [0.05, 0.1) is 5.56 Å². The Bertz CT molecular complexity index is 771. The van der Waals surface area contributed by atoms with Gasteiger partial charge in [0.2, 0.25) is 0 Å². The fourth-order valence-electron chi connectivity index (χ4n) is 2.87. The molecule has 0 atom stereocenters. The molecule has 2 aromatic rings. The SMILES string of the molecule is Cc1cc(C)c(C(=O)ONC(=O)CCC/C=C/c2ccccc2)c(C)c1. The van der Waals surface area contributed by atoms with Crippen LogP contribution in [0.1, 0.15) is 51.9 Å². The molecule has 0 saturated carbocycles. The highest BCUT2D eigenvalue weighted by Gasteiger charge is 2.15. The van der Waals surface area contributed by atoms with Crippen molar-refractivity contribution in [2.75, 3.05) is 0 Å². The molecule has 4 heteroatoms. The number of hydroxylamine groups is 1. The maximum absolute atomic E-state index is 12.2. The fourth-order valence-corrected chi connectivity index (χ4v) is 2.87. The van der Waals surface area contributed by atoms with E-state index in [2.05, 4.69) is 5.48 Å². The predicted octanol–water partition coefficient (Wildman–Crippen LogP) is 4.68. The lowest BCUT2D eigenvalue weighted by Gasteiger charge is -2.11. The van der Waals surface area contributed by atoms with Crippen LogP contribution in [-0.4, -0.2) is 11.9 Å². The summed E-state index contributed by atoms with van der Waals surface area (Å²) >= 11 is 0. The Morgan fingerprint density at radius 3 is 2.35 bits per heavy atom. The number of carbonyl (C=O) groups excluding carboxylic acids is 2. The highest BCUT2D eigenvalue weighted by atomic mass is 16.7. The minimum Gasteiger partial charge on any atom is -0.335 e. The Balaban J connectivity index is 1.73. The molecule has 0 aliphatic carbocycles. The summed E-state index contributed by atoms with van der Waals surface area (Å²) in [5.74, 6) is -0.828. The third kappa shape index (κ3) is 5.88. The number of rotatable bonds is 6. The molecule has 0 aromatic heterocycles. The Kier molecular flexibility index (Phi) is 7.15. The summed E-state index contributed by atoms with van der Waals surface area (Å²) < 4.78 is 0. The minimum absolute atomic E-state index is 0.297. The van der Waals surface area contributed by atoms with Gasteiger partial charge in [-0.25, -0.2) is 4.79 Å². The summed E-state index contributed by atoms with van der Waals surface area (Å²) in [7, 11) is 0. The van der Waals surface area contributed by atoms with Crippen molar-refractivity contribution in [3.63, 3.8) is 0 Å². The van der Waals surface area contributed by atoms with Gasteiger partial charge in [0.1, 0.15) is 0 Å². The second-order valence-corrected chi connectivity index (χ2v) is 6.39. The first kappa shape index (κ1) is 19.4. The second kappa shape index (κ2) is 9.56. The van der Waals surface area contributed by atoms with Crippen LogP contribution in [0.3, 0.4) is 0 Å². The Morgan fingerprint density at radius 1 is 1.04 bits per heavy atom. The van der Waals surface area contributed by atoms with Crippen molar-refractivity contribution >= 4 is 18.0 Å². The van der Waals surface area contributed by atoms with Crippen molar-refractivity contribution in [2.24, 2.45) is 0 Å². The summed E-state index contributed by atoms with van der Waals surface area (Å²) in [6.07, 6.45) is 5.84. The summed E-state index contributed by atoms with van der Waals surface area (Å²) in [5.41, 5.74) is 6.65. The third-order valence-electron chi connectivity index (χ3n) is 4.02. The average molecular weight is 351 g/mol. The van der Waals surface area contributed by atoms with Crippen molar-refractivity contribution in [3.8, 4) is 0 Å². The molecule has 2 rings (SSSR count). The van der Waals surface area contributed by atoms with Crippen molar-refractivity contribution in [3.05, 3.63) is 76.4 Å². The molecule has 0 fully saturated rings. The van der Waals surface area contributed by atoms with E-state index in [-0.39, 0.29) is 5.91 Å². The molecular formula is C22H25NO3. The molecule has 0 bridgehead atoms. The highest BCUT2D eigenvalue weighted by Crippen LogP contribution is 2.17. The molecule has 0 radical (unpaired) electrons. The van der Waals surface area contributed by atoms with Crippen molar-refractivity contribution < 1.29 is 14.4 Å². The molecule has 0 unspecified atom stereocenters. The van der Waals surface area contributed by atoms with E-state index in [4.69, 9.17) is 4.84 Å². The molecule has 26 heavy (non-hydrogen) atoms. The zero-order valence-electron chi connectivity index (χ0n) is 15.5. The van der Waals surface area contributed by atoms with Crippen LogP contribution in [0.4, 0.5) is 0 Å². The van der Waals surface area contributed by atoms with Crippen LogP contribution in [-0.2, 0) is 9.63 Å².